The van der Waals surface area contributed by atoms with Gasteiger partial charge in [-0.1, -0.05) is 13.8 Å². The smallest absolute Gasteiger partial charge is 0.303 e. The number of carbonyl (C=O) groups is 1. The van der Waals surface area contributed by atoms with Crippen LogP contribution in [-0.2, 0) is 4.79 Å². The molecule has 0 amide bonds. The minimum atomic E-state index is -0.765. The number of aliphatic carboxylic acids is 1. The summed E-state index contributed by atoms with van der Waals surface area (Å²) in [5.41, 5.74) is 2.30. The molecule has 5 nitrogen and oxygen atoms in total. The van der Waals surface area contributed by atoms with Gasteiger partial charge in [0.15, 0.2) is 0 Å². The lowest BCUT2D eigenvalue weighted by atomic mass is 9.84. The zero-order chi connectivity index (χ0) is 16.0. The van der Waals surface area contributed by atoms with E-state index in [2.05, 4.69) is 30.2 Å². The Morgan fingerprint density at radius 1 is 1.43 bits per heavy atom. The quantitative estimate of drug-likeness (QED) is 0.804. The largest absolute Gasteiger partial charge is 0.481 e. The zero-order valence-corrected chi connectivity index (χ0v) is 13.2. The lowest BCUT2D eigenvalue weighted by Crippen LogP contribution is -2.19. The summed E-state index contributed by atoms with van der Waals surface area (Å²) >= 11 is 0. The highest BCUT2D eigenvalue weighted by atomic mass is 16.4. The van der Waals surface area contributed by atoms with E-state index in [9.17, 15) is 10.1 Å². The predicted molar refractivity (Wildman–Crippen MR) is 82.2 cm³/mol. The van der Waals surface area contributed by atoms with Crippen LogP contribution >= 0.6 is 0 Å². The molecule has 0 saturated carbocycles. The molecule has 0 bridgehead atoms. The fourth-order valence-electron chi connectivity index (χ4n) is 2.20. The van der Waals surface area contributed by atoms with E-state index in [4.69, 9.17) is 5.11 Å². The summed E-state index contributed by atoms with van der Waals surface area (Å²) in [6.45, 7) is 8.57. The number of nitrogens with zero attached hydrogens (tertiary/aromatic N) is 2. The maximum atomic E-state index is 10.6. The van der Waals surface area contributed by atoms with Crippen molar-refractivity contribution in [2.75, 3.05) is 11.9 Å². The third kappa shape index (κ3) is 5.42. The number of rotatable bonds is 7. The first kappa shape index (κ1) is 17.0. The molecule has 0 fully saturated rings. The first-order valence-electron chi connectivity index (χ1n) is 7.09. The Morgan fingerprint density at radius 2 is 2.10 bits per heavy atom. The first-order chi connectivity index (χ1) is 9.75. The van der Waals surface area contributed by atoms with Crippen molar-refractivity contribution in [2.45, 2.75) is 47.0 Å². The van der Waals surface area contributed by atoms with Crippen LogP contribution in [-0.4, -0.2) is 22.6 Å². The highest BCUT2D eigenvalue weighted by molar-refractivity contribution is 5.66. The normalized spacial score (nSPS) is 11.0. The number of anilines is 1. The van der Waals surface area contributed by atoms with E-state index in [0.29, 0.717) is 24.3 Å². The molecule has 0 aliphatic rings. The number of nitriles is 1. The van der Waals surface area contributed by atoms with Gasteiger partial charge < -0.3 is 10.4 Å². The van der Waals surface area contributed by atoms with Crippen LogP contribution in [0.2, 0.25) is 0 Å². The standard InChI is InChI=1S/C16H23N3O2/c1-11-9-12(2)19-15(13(11)10-17)18-8-7-16(3,4)6-5-14(20)21/h9H,5-8H2,1-4H3,(H,18,19)(H,20,21). The minimum Gasteiger partial charge on any atom is -0.481 e. The molecule has 0 spiro atoms. The third-order valence-electron chi connectivity index (χ3n) is 3.57. The summed E-state index contributed by atoms with van der Waals surface area (Å²) in [7, 11) is 0. The third-order valence-corrected chi connectivity index (χ3v) is 3.57. The number of aryl methyl sites for hydroxylation is 2. The number of hydrogen-bond donors (Lipinski definition) is 2. The number of carboxylic acid groups (broad SMARTS) is 1. The van der Waals surface area contributed by atoms with Gasteiger partial charge in [-0.05, 0) is 43.7 Å². The highest BCUT2D eigenvalue weighted by Crippen LogP contribution is 2.27. The van der Waals surface area contributed by atoms with Crippen LogP contribution in [0.15, 0.2) is 6.07 Å². The minimum absolute atomic E-state index is 0.0585. The average molecular weight is 289 g/mol. The monoisotopic (exact) mass is 289 g/mol. The second kappa shape index (κ2) is 7.07. The van der Waals surface area contributed by atoms with Gasteiger partial charge in [0.25, 0.3) is 0 Å². The number of hydrogen-bond acceptors (Lipinski definition) is 4. The topological polar surface area (TPSA) is 86.0 Å². The molecular weight excluding hydrogens is 266 g/mol. The molecule has 114 valence electrons. The Kier molecular flexibility index (Phi) is 5.71. The molecule has 1 aromatic rings. The first-order valence-corrected chi connectivity index (χ1v) is 7.09. The Labute approximate surface area is 126 Å². The molecular formula is C16H23N3O2. The number of pyridine rings is 1. The molecule has 21 heavy (non-hydrogen) atoms. The van der Waals surface area contributed by atoms with Crippen LogP contribution in [0.5, 0.6) is 0 Å². The molecule has 1 rings (SSSR count). The van der Waals surface area contributed by atoms with Crippen molar-refractivity contribution >= 4 is 11.8 Å². The lowest BCUT2D eigenvalue weighted by Gasteiger charge is -2.24. The van der Waals surface area contributed by atoms with Gasteiger partial charge in [0.1, 0.15) is 11.9 Å². The second-order valence-corrected chi connectivity index (χ2v) is 6.15. The van der Waals surface area contributed by atoms with Gasteiger partial charge in [-0.3, -0.25) is 4.79 Å². The summed E-state index contributed by atoms with van der Waals surface area (Å²) in [4.78, 5) is 15.0. The van der Waals surface area contributed by atoms with Crippen LogP contribution in [0.4, 0.5) is 5.82 Å². The highest BCUT2D eigenvalue weighted by Gasteiger charge is 2.19. The Hall–Kier alpha value is -2.09. The Bertz CT molecular complexity index is 559. The van der Waals surface area contributed by atoms with Crippen molar-refractivity contribution in [3.63, 3.8) is 0 Å². The van der Waals surface area contributed by atoms with Gasteiger partial charge in [-0.25, -0.2) is 4.98 Å². The van der Waals surface area contributed by atoms with Gasteiger partial charge in [-0.2, -0.15) is 5.26 Å². The van der Waals surface area contributed by atoms with Crippen LogP contribution in [0.1, 0.15) is 49.9 Å². The molecule has 0 aromatic carbocycles. The average Bonchev–Trinajstić information content (AvgIpc) is 2.36. The number of aromatic nitrogens is 1. The van der Waals surface area contributed by atoms with Gasteiger partial charge in [0, 0.05) is 18.7 Å². The van der Waals surface area contributed by atoms with Gasteiger partial charge in [0.05, 0.1) is 5.56 Å². The zero-order valence-electron chi connectivity index (χ0n) is 13.2. The van der Waals surface area contributed by atoms with Crippen molar-refractivity contribution < 1.29 is 9.90 Å². The van der Waals surface area contributed by atoms with Gasteiger partial charge in [0.2, 0.25) is 0 Å². The molecule has 2 N–H and O–H groups in total. The van der Waals surface area contributed by atoms with E-state index in [0.717, 1.165) is 17.7 Å². The maximum Gasteiger partial charge on any atom is 0.303 e. The molecule has 5 heteroatoms. The van der Waals surface area contributed by atoms with Crippen LogP contribution < -0.4 is 5.32 Å². The predicted octanol–water partition coefficient (Wildman–Crippen LogP) is 3.26. The van der Waals surface area contributed by atoms with E-state index in [-0.39, 0.29) is 11.8 Å². The summed E-state index contributed by atoms with van der Waals surface area (Å²) in [5, 5.41) is 21.2. The SMILES string of the molecule is Cc1cc(C)c(C#N)c(NCCC(C)(C)CCC(=O)O)n1. The fourth-order valence-corrected chi connectivity index (χ4v) is 2.20. The molecule has 0 aliphatic carbocycles. The molecule has 0 unspecified atom stereocenters. The summed E-state index contributed by atoms with van der Waals surface area (Å²) in [6, 6.07) is 4.07. The van der Waals surface area contributed by atoms with E-state index in [1.807, 2.05) is 19.9 Å². The molecule has 1 aromatic heterocycles. The fraction of sp³-hybridized carbons (Fsp3) is 0.562. The molecule has 0 radical (unpaired) electrons. The van der Waals surface area contributed by atoms with Crippen LogP contribution in [0.3, 0.4) is 0 Å². The van der Waals surface area contributed by atoms with Crippen molar-refractivity contribution in [2.24, 2.45) is 5.41 Å². The molecule has 0 saturated heterocycles. The summed E-state index contributed by atoms with van der Waals surface area (Å²) < 4.78 is 0. The number of nitrogens with one attached hydrogen (secondary N) is 1. The van der Waals surface area contributed by atoms with E-state index in [1.165, 1.54) is 0 Å². The van der Waals surface area contributed by atoms with Crippen LogP contribution in [0.25, 0.3) is 0 Å². The number of carboxylic acids is 1. The van der Waals surface area contributed by atoms with Gasteiger partial charge >= 0.3 is 5.97 Å². The van der Waals surface area contributed by atoms with E-state index < -0.39 is 5.97 Å². The molecule has 0 atom stereocenters. The van der Waals surface area contributed by atoms with Crippen molar-refractivity contribution in [3.05, 3.63) is 22.9 Å². The van der Waals surface area contributed by atoms with Crippen molar-refractivity contribution in [3.8, 4) is 6.07 Å². The second-order valence-electron chi connectivity index (χ2n) is 6.15. The lowest BCUT2D eigenvalue weighted by molar-refractivity contribution is -0.137. The van der Waals surface area contributed by atoms with E-state index >= 15 is 0 Å². The molecule has 1 heterocycles. The summed E-state index contributed by atoms with van der Waals surface area (Å²) in [5.74, 6) is -0.150. The van der Waals surface area contributed by atoms with Crippen molar-refractivity contribution in [1.82, 2.24) is 4.98 Å². The molecule has 0 aliphatic heterocycles. The maximum absolute atomic E-state index is 10.6. The van der Waals surface area contributed by atoms with Gasteiger partial charge in [-0.15, -0.1) is 0 Å². The van der Waals surface area contributed by atoms with Crippen LogP contribution in [0, 0.1) is 30.6 Å². The Morgan fingerprint density at radius 3 is 2.67 bits per heavy atom. The summed E-state index contributed by atoms with van der Waals surface area (Å²) in [6.07, 6.45) is 1.63. The van der Waals surface area contributed by atoms with E-state index in [1.54, 1.807) is 0 Å². The van der Waals surface area contributed by atoms with Crippen molar-refractivity contribution in [1.29, 1.82) is 5.26 Å². The Balaban J connectivity index is 2.64.